The van der Waals surface area contributed by atoms with E-state index in [9.17, 15) is 18.0 Å². The highest BCUT2D eigenvalue weighted by Crippen LogP contribution is 2.32. The second-order valence-electron chi connectivity index (χ2n) is 7.26. The monoisotopic (exact) mass is 364 g/mol. The molecular weight excluding hydrogens is 340 g/mol. The third-order valence-corrected chi connectivity index (χ3v) is 6.75. The predicted octanol–water partition coefficient (Wildman–Crippen LogP) is 1.27. The number of aryl methyl sites for hydroxylation is 3. The minimum absolute atomic E-state index is 0.000695. The van der Waals surface area contributed by atoms with Gasteiger partial charge in [0.15, 0.2) is 9.84 Å². The Balaban J connectivity index is 1.72. The van der Waals surface area contributed by atoms with E-state index in [1.165, 1.54) is 0 Å². The topological polar surface area (TPSA) is 83.6 Å². The Kier molecular flexibility index (Phi) is 4.62. The SMILES string of the molecule is Cc1cc(C)c(N2CC(C(=O)NC3CCS(=O)(=O)C3)CC2=O)c(C)c1. The Morgan fingerprint density at radius 1 is 1.20 bits per heavy atom. The molecule has 2 saturated heterocycles. The van der Waals surface area contributed by atoms with E-state index >= 15 is 0 Å². The van der Waals surface area contributed by atoms with Crippen LogP contribution in [0.3, 0.4) is 0 Å². The zero-order chi connectivity index (χ0) is 18.4. The van der Waals surface area contributed by atoms with Gasteiger partial charge in [0.2, 0.25) is 11.8 Å². The molecule has 6 nitrogen and oxygen atoms in total. The molecule has 0 saturated carbocycles. The van der Waals surface area contributed by atoms with E-state index in [1.807, 2.05) is 32.9 Å². The quantitative estimate of drug-likeness (QED) is 0.875. The van der Waals surface area contributed by atoms with Crippen LogP contribution in [-0.4, -0.2) is 44.3 Å². The predicted molar refractivity (Wildman–Crippen MR) is 96.3 cm³/mol. The van der Waals surface area contributed by atoms with E-state index in [0.29, 0.717) is 13.0 Å². The maximum Gasteiger partial charge on any atom is 0.227 e. The first kappa shape index (κ1) is 17.9. The number of benzene rings is 1. The average Bonchev–Trinajstić information content (AvgIpc) is 3.01. The van der Waals surface area contributed by atoms with Gasteiger partial charge < -0.3 is 10.2 Å². The van der Waals surface area contributed by atoms with Gasteiger partial charge in [-0.3, -0.25) is 9.59 Å². The van der Waals surface area contributed by atoms with Crippen LogP contribution in [-0.2, 0) is 19.4 Å². The van der Waals surface area contributed by atoms with Crippen LogP contribution in [0.5, 0.6) is 0 Å². The van der Waals surface area contributed by atoms with E-state index in [4.69, 9.17) is 0 Å². The van der Waals surface area contributed by atoms with Crippen molar-refractivity contribution in [2.45, 2.75) is 39.7 Å². The molecule has 2 atom stereocenters. The molecule has 2 unspecified atom stereocenters. The van der Waals surface area contributed by atoms with Crippen LogP contribution in [0.15, 0.2) is 12.1 Å². The molecule has 3 rings (SSSR count). The standard InChI is InChI=1S/C18H24N2O4S/c1-11-6-12(2)17(13(3)7-11)20-9-14(8-16(20)21)18(22)19-15-4-5-25(23,24)10-15/h6-7,14-15H,4-5,8-10H2,1-3H3,(H,19,22). The summed E-state index contributed by atoms with van der Waals surface area (Å²) in [5.41, 5.74) is 4.07. The Bertz CT molecular complexity index is 808. The third-order valence-electron chi connectivity index (χ3n) is 4.98. The zero-order valence-corrected chi connectivity index (χ0v) is 15.6. The summed E-state index contributed by atoms with van der Waals surface area (Å²) in [6, 6.07) is 3.74. The summed E-state index contributed by atoms with van der Waals surface area (Å²) >= 11 is 0. The summed E-state index contributed by atoms with van der Waals surface area (Å²) < 4.78 is 23.0. The fourth-order valence-corrected chi connectivity index (χ4v) is 5.60. The van der Waals surface area contributed by atoms with Crippen LogP contribution < -0.4 is 10.2 Å². The van der Waals surface area contributed by atoms with Crippen molar-refractivity contribution in [3.05, 3.63) is 28.8 Å². The molecule has 0 spiro atoms. The van der Waals surface area contributed by atoms with Crippen LogP contribution in [0.4, 0.5) is 5.69 Å². The molecular formula is C18H24N2O4S. The molecule has 0 aromatic heterocycles. The fourth-order valence-electron chi connectivity index (χ4n) is 3.93. The first-order valence-electron chi connectivity index (χ1n) is 8.55. The fraction of sp³-hybridized carbons (Fsp3) is 0.556. The molecule has 2 fully saturated rings. The lowest BCUT2D eigenvalue weighted by atomic mass is 10.0. The molecule has 2 aliphatic heterocycles. The number of sulfone groups is 1. The van der Waals surface area contributed by atoms with E-state index in [2.05, 4.69) is 5.32 Å². The van der Waals surface area contributed by atoms with Gasteiger partial charge in [0.05, 0.1) is 17.4 Å². The number of hydrogen-bond acceptors (Lipinski definition) is 4. The first-order chi connectivity index (χ1) is 11.7. The summed E-state index contributed by atoms with van der Waals surface area (Å²) in [4.78, 5) is 26.6. The maximum atomic E-state index is 12.5. The van der Waals surface area contributed by atoms with Crippen LogP contribution >= 0.6 is 0 Å². The van der Waals surface area contributed by atoms with Gasteiger partial charge in [0.25, 0.3) is 0 Å². The summed E-state index contributed by atoms with van der Waals surface area (Å²) in [7, 11) is -3.04. The Morgan fingerprint density at radius 3 is 2.40 bits per heavy atom. The van der Waals surface area contributed by atoms with Gasteiger partial charge in [-0.15, -0.1) is 0 Å². The van der Waals surface area contributed by atoms with Gasteiger partial charge >= 0.3 is 0 Å². The van der Waals surface area contributed by atoms with Crippen molar-refractivity contribution in [3.63, 3.8) is 0 Å². The highest BCUT2D eigenvalue weighted by atomic mass is 32.2. The zero-order valence-electron chi connectivity index (χ0n) is 14.8. The van der Waals surface area contributed by atoms with Gasteiger partial charge in [0.1, 0.15) is 0 Å². The van der Waals surface area contributed by atoms with Crippen molar-refractivity contribution in [2.75, 3.05) is 23.0 Å². The molecule has 136 valence electrons. The van der Waals surface area contributed by atoms with E-state index in [-0.39, 0.29) is 35.8 Å². The second-order valence-corrected chi connectivity index (χ2v) is 9.49. The molecule has 7 heteroatoms. The number of carbonyl (C=O) groups excluding carboxylic acids is 2. The normalized spacial score (nSPS) is 25.4. The molecule has 2 aliphatic rings. The summed E-state index contributed by atoms with van der Waals surface area (Å²) in [6.07, 6.45) is 0.618. The van der Waals surface area contributed by atoms with Gasteiger partial charge in [0, 0.05) is 24.7 Å². The molecule has 1 N–H and O–H groups in total. The molecule has 2 amide bonds. The molecule has 0 radical (unpaired) electrons. The number of anilines is 1. The Morgan fingerprint density at radius 2 is 1.84 bits per heavy atom. The lowest BCUT2D eigenvalue weighted by Gasteiger charge is -2.22. The van der Waals surface area contributed by atoms with Crippen molar-refractivity contribution < 1.29 is 18.0 Å². The maximum absolute atomic E-state index is 12.5. The van der Waals surface area contributed by atoms with Gasteiger partial charge in [-0.2, -0.15) is 0 Å². The van der Waals surface area contributed by atoms with Crippen LogP contribution in [0.1, 0.15) is 29.5 Å². The second kappa shape index (κ2) is 6.44. The van der Waals surface area contributed by atoms with Crippen molar-refractivity contribution >= 4 is 27.3 Å². The number of rotatable bonds is 3. The third kappa shape index (κ3) is 3.71. The Hall–Kier alpha value is -1.89. The summed E-state index contributed by atoms with van der Waals surface area (Å²) in [6.45, 7) is 6.30. The van der Waals surface area contributed by atoms with Gasteiger partial charge in [-0.1, -0.05) is 17.7 Å². The highest BCUT2D eigenvalue weighted by Gasteiger charge is 2.38. The number of amides is 2. The molecule has 1 aromatic carbocycles. The van der Waals surface area contributed by atoms with Crippen molar-refractivity contribution in [1.29, 1.82) is 0 Å². The first-order valence-corrected chi connectivity index (χ1v) is 10.4. The Labute approximate surface area is 148 Å². The summed E-state index contributed by atoms with van der Waals surface area (Å²) in [5, 5.41) is 2.81. The van der Waals surface area contributed by atoms with Crippen molar-refractivity contribution in [1.82, 2.24) is 5.32 Å². The van der Waals surface area contributed by atoms with E-state index < -0.39 is 15.8 Å². The van der Waals surface area contributed by atoms with E-state index in [1.54, 1.807) is 4.90 Å². The smallest absolute Gasteiger partial charge is 0.227 e. The molecule has 1 aromatic rings. The van der Waals surface area contributed by atoms with Gasteiger partial charge in [-0.05, 0) is 38.3 Å². The molecule has 25 heavy (non-hydrogen) atoms. The lowest BCUT2D eigenvalue weighted by Crippen LogP contribution is -2.40. The number of nitrogens with one attached hydrogen (secondary N) is 1. The number of carbonyl (C=O) groups is 2. The molecule has 2 heterocycles. The van der Waals surface area contributed by atoms with Crippen molar-refractivity contribution in [3.8, 4) is 0 Å². The number of nitrogens with zero attached hydrogens (tertiary/aromatic N) is 1. The minimum Gasteiger partial charge on any atom is -0.352 e. The average molecular weight is 364 g/mol. The van der Waals surface area contributed by atoms with Crippen LogP contribution in [0.2, 0.25) is 0 Å². The lowest BCUT2D eigenvalue weighted by molar-refractivity contribution is -0.126. The minimum atomic E-state index is -3.04. The van der Waals surface area contributed by atoms with E-state index in [0.717, 1.165) is 22.4 Å². The van der Waals surface area contributed by atoms with Crippen molar-refractivity contribution in [2.24, 2.45) is 5.92 Å². The number of hydrogen-bond donors (Lipinski definition) is 1. The molecule has 0 aliphatic carbocycles. The summed E-state index contributed by atoms with van der Waals surface area (Å²) in [5.74, 6) is -0.597. The molecule has 0 bridgehead atoms. The highest BCUT2D eigenvalue weighted by molar-refractivity contribution is 7.91. The van der Waals surface area contributed by atoms with Crippen LogP contribution in [0.25, 0.3) is 0 Å². The largest absolute Gasteiger partial charge is 0.352 e. The van der Waals surface area contributed by atoms with Gasteiger partial charge in [-0.25, -0.2) is 8.42 Å². The van der Waals surface area contributed by atoms with Crippen LogP contribution in [0, 0.1) is 26.7 Å².